The molecular formula is C24H30N4O5S. The molecule has 2 fully saturated rings. The molecule has 0 aliphatic carbocycles. The van der Waals surface area contributed by atoms with Gasteiger partial charge in [-0.1, -0.05) is 12.1 Å². The highest BCUT2D eigenvalue weighted by molar-refractivity contribution is 7.89. The van der Waals surface area contributed by atoms with Crippen LogP contribution in [0.4, 0.5) is 16.2 Å². The Bertz CT molecular complexity index is 1130. The van der Waals surface area contributed by atoms with Crippen LogP contribution in [-0.2, 0) is 14.8 Å². The van der Waals surface area contributed by atoms with Gasteiger partial charge in [-0.05, 0) is 62.1 Å². The Hall–Kier alpha value is -3.11. The summed E-state index contributed by atoms with van der Waals surface area (Å²) in [6.07, 6.45) is 3.15. The first-order chi connectivity index (χ1) is 16.4. The van der Waals surface area contributed by atoms with Crippen LogP contribution < -0.4 is 15.4 Å². The van der Waals surface area contributed by atoms with Gasteiger partial charge in [0, 0.05) is 26.2 Å². The van der Waals surface area contributed by atoms with Crippen LogP contribution in [0.1, 0.15) is 25.7 Å². The minimum Gasteiger partial charge on any atom is -0.497 e. The lowest BCUT2D eigenvalue weighted by atomic mass is 9.98. The van der Waals surface area contributed by atoms with Gasteiger partial charge < -0.3 is 20.3 Å². The molecule has 182 valence electrons. The Labute approximate surface area is 200 Å². The SMILES string of the molecule is COc1ccc(S(=O)(=O)N2CCCC(C(=O)Nc3ccccc3NC(=O)N3CCCC3)C2)cc1. The second-order valence-corrected chi connectivity index (χ2v) is 10.5. The number of para-hydroxylation sites is 2. The molecule has 2 N–H and O–H groups in total. The monoisotopic (exact) mass is 486 g/mol. The number of likely N-dealkylation sites (tertiary alicyclic amines) is 1. The van der Waals surface area contributed by atoms with Crippen molar-refractivity contribution < 1.29 is 22.7 Å². The quantitative estimate of drug-likeness (QED) is 0.651. The van der Waals surface area contributed by atoms with E-state index in [1.54, 1.807) is 41.3 Å². The van der Waals surface area contributed by atoms with Gasteiger partial charge in [0.15, 0.2) is 0 Å². The molecule has 2 saturated heterocycles. The van der Waals surface area contributed by atoms with Crippen molar-refractivity contribution in [3.05, 3.63) is 48.5 Å². The molecule has 0 aromatic heterocycles. The molecule has 0 saturated carbocycles. The van der Waals surface area contributed by atoms with Gasteiger partial charge in [-0.15, -0.1) is 0 Å². The van der Waals surface area contributed by atoms with Crippen LogP contribution in [0.5, 0.6) is 5.75 Å². The molecule has 2 heterocycles. The number of carbonyl (C=O) groups excluding carboxylic acids is 2. The fourth-order valence-electron chi connectivity index (χ4n) is 4.32. The summed E-state index contributed by atoms with van der Waals surface area (Å²) >= 11 is 0. The van der Waals surface area contributed by atoms with Crippen molar-refractivity contribution in [1.29, 1.82) is 0 Å². The molecule has 1 unspecified atom stereocenters. The Kier molecular flexibility index (Phi) is 7.38. The number of hydrogen-bond acceptors (Lipinski definition) is 5. The van der Waals surface area contributed by atoms with Crippen LogP contribution in [0.25, 0.3) is 0 Å². The smallest absolute Gasteiger partial charge is 0.321 e. The number of methoxy groups -OCH3 is 1. The topological polar surface area (TPSA) is 108 Å². The number of sulfonamides is 1. The Balaban J connectivity index is 1.43. The third kappa shape index (κ3) is 5.34. The number of amides is 3. The van der Waals surface area contributed by atoms with Crippen molar-refractivity contribution in [2.45, 2.75) is 30.6 Å². The van der Waals surface area contributed by atoms with Gasteiger partial charge in [0.2, 0.25) is 15.9 Å². The number of urea groups is 1. The van der Waals surface area contributed by atoms with Gasteiger partial charge in [-0.25, -0.2) is 13.2 Å². The molecular weight excluding hydrogens is 456 g/mol. The zero-order valence-corrected chi connectivity index (χ0v) is 20.0. The number of carbonyl (C=O) groups is 2. The summed E-state index contributed by atoms with van der Waals surface area (Å²) in [5.41, 5.74) is 1.02. The fraction of sp³-hybridized carbons (Fsp3) is 0.417. The van der Waals surface area contributed by atoms with Crippen LogP contribution in [0.3, 0.4) is 0 Å². The van der Waals surface area contributed by atoms with Crippen LogP contribution in [0, 0.1) is 5.92 Å². The lowest BCUT2D eigenvalue weighted by molar-refractivity contribution is -0.120. The molecule has 0 radical (unpaired) electrons. The van der Waals surface area contributed by atoms with Gasteiger partial charge in [0.25, 0.3) is 0 Å². The maximum atomic E-state index is 13.1. The lowest BCUT2D eigenvalue weighted by Crippen LogP contribution is -2.43. The highest BCUT2D eigenvalue weighted by atomic mass is 32.2. The van der Waals surface area contributed by atoms with Crippen LogP contribution in [0.2, 0.25) is 0 Å². The number of anilines is 2. The Morgan fingerprint density at radius 3 is 2.21 bits per heavy atom. The third-order valence-corrected chi connectivity index (χ3v) is 8.15. The number of nitrogens with zero attached hydrogens (tertiary/aromatic N) is 2. The fourth-order valence-corrected chi connectivity index (χ4v) is 5.85. The maximum absolute atomic E-state index is 13.1. The zero-order valence-electron chi connectivity index (χ0n) is 19.2. The number of nitrogens with one attached hydrogen (secondary N) is 2. The summed E-state index contributed by atoms with van der Waals surface area (Å²) in [4.78, 5) is 27.5. The largest absolute Gasteiger partial charge is 0.497 e. The molecule has 2 aromatic rings. The predicted octanol–water partition coefficient (Wildman–Crippen LogP) is 3.36. The van der Waals surface area contributed by atoms with Gasteiger partial charge in [-0.3, -0.25) is 4.79 Å². The number of hydrogen-bond donors (Lipinski definition) is 2. The van der Waals surface area contributed by atoms with Gasteiger partial charge >= 0.3 is 6.03 Å². The Morgan fingerprint density at radius 2 is 1.56 bits per heavy atom. The van der Waals surface area contributed by atoms with E-state index in [2.05, 4.69) is 10.6 Å². The van der Waals surface area contributed by atoms with Crippen molar-refractivity contribution in [1.82, 2.24) is 9.21 Å². The van der Waals surface area contributed by atoms with Crippen molar-refractivity contribution in [2.75, 3.05) is 43.9 Å². The first-order valence-corrected chi connectivity index (χ1v) is 12.9. The molecule has 10 heteroatoms. The number of benzene rings is 2. The second kappa shape index (κ2) is 10.4. The molecule has 4 rings (SSSR count). The summed E-state index contributed by atoms with van der Waals surface area (Å²) in [5.74, 6) is -0.188. The molecule has 9 nitrogen and oxygen atoms in total. The van der Waals surface area contributed by atoms with E-state index in [-0.39, 0.29) is 23.4 Å². The minimum absolute atomic E-state index is 0.0997. The standard InChI is InChI=1S/C24H30N4O5S/c1-33-19-10-12-20(13-11-19)34(31,32)28-16-6-7-18(17-28)23(29)25-21-8-2-3-9-22(21)26-24(30)27-14-4-5-15-27/h2-3,8-13,18H,4-7,14-17H2,1H3,(H,25,29)(H,26,30). The van der Waals surface area contributed by atoms with Crippen molar-refractivity contribution in [2.24, 2.45) is 5.92 Å². The summed E-state index contributed by atoms with van der Waals surface area (Å²) < 4.78 is 32.7. The third-order valence-electron chi connectivity index (χ3n) is 6.27. The summed E-state index contributed by atoms with van der Waals surface area (Å²) in [5, 5.41) is 5.77. The Morgan fingerprint density at radius 1 is 0.912 bits per heavy atom. The van der Waals surface area contributed by atoms with Crippen molar-refractivity contribution in [3.63, 3.8) is 0 Å². The summed E-state index contributed by atoms with van der Waals surface area (Å²) in [6.45, 7) is 1.91. The number of ether oxygens (including phenoxy) is 1. The van der Waals surface area contributed by atoms with E-state index >= 15 is 0 Å². The lowest BCUT2D eigenvalue weighted by Gasteiger charge is -2.31. The van der Waals surface area contributed by atoms with E-state index in [9.17, 15) is 18.0 Å². The zero-order chi connectivity index (χ0) is 24.1. The summed E-state index contributed by atoms with van der Waals surface area (Å²) in [6, 6.07) is 13.1. The molecule has 2 aliphatic heterocycles. The highest BCUT2D eigenvalue weighted by Crippen LogP contribution is 2.28. The van der Waals surface area contributed by atoms with E-state index in [1.807, 2.05) is 0 Å². The minimum atomic E-state index is -3.72. The molecule has 2 aromatic carbocycles. The summed E-state index contributed by atoms with van der Waals surface area (Å²) in [7, 11) is -2.20. The maximum Gasteiger partial charge on any atom is 0.321 e. The average Bonchev–Trinajstić information content (AvgIpc) is 3.41. The average molecular weight is 487 g/mol. The van der Waals surface area contributed by atoms with Crippen LogP contribution in [-0.4, -0.2) is 62.9 Å². The molecule has 2 aliphatic rings. The first kappa shape index (κ1) is 24.0. The number of rotatable bonds is 6. The van der Waals surface area contributed by atoms with Gasteiger partial charge in [-0.2, -0.15) is 4.31 Å². The van der Waals surface area contributed by atoms with E-state index in [0.29, 0.717) is 36.5 Å². The van der Waals surface area contributed by atoms with E-state index in [1.165, 1.54) is 23.5 Å². The normalized spacial score (nSPS) is 19.0. The van der Waals surface area contributed by atoms with E-state index in [4.69, 9.17) is 4.74 Å². The molecule has 3 amide bonds. The predicted molar refractivity (Wildman–Crippen MR) is 129 cm³/mol. The van der Waals surface area contributed by atoms with Crippen LogP contribution >= 0.6 is 0 Å². The van der Waals surface area contributed by atoms with E-state index < -0.39 is 15.9 Å². The van der Waals surface area contributed by atoms with Gasteiger partial charge in [0.05, 0.1) is 29.3 Å². The first-order valence-electron chi connectivity index (χ1n) is 11.5. The van der Waals surface area contributed by atoms with E-state index in [0.717, 1.165) is 25.9 Å². The molecule has 1 atom stereocenters. The van der Waals surface area contributed by atoms with Crippen molar-refractivity contribution >= 4 is 33.3 Å². The number of piperidine rings is 1. The molecule has 34 heavy (non-hydrogen) atoms. The van der Waals surface area contributed by atoms with Crippen molar-refractivity contribution in [3.8, 4) is 5.75 Å². The van der Waals surface area contributed by atoms with Gasteiger partial charge in [0.1, 0.15) is 5.75 Å². The molecule has 0 bridgehead atoms. The molecule has 0 spiro atoms. The second-order valence-electron chi connectivity index (χ2n) is 8.54. The van der Waals surface area contributed by atoms with Crippen LogP contribution in [0.15, 0.2) is 53.4 Å². The highest BCUT2D eigenvalue weighted by Gasteiger charge is 2.33.